The molecular weight excluding hydrogens is 234 g/mol. The molecule has 1 amide bonds. The highest BCUT2D eigenvalue weighted by atomic mass is 16.6. The van der Waals surface area contributed by atoms with E-state index < -0.39 is 23.5 Å². The Bertz CT molecular complexity index is 294. The monoisotopic (exact) mass is 259 g/mol. The number of hydrogen-bond donors (Lipinski definition) is 0. The van der Waals surface area contributed by atoms with Crippen LogP contribution in [-0.2, 0) is 14.3 Å². The molecule has 5 heteroatoms. The van der Waals surface area contributed by atoms with Gasteiger partial charge in [-0.15, -0.1) is 0 Å². The summed E-state index contributed by atoms with van der Waals surface area (Å²) in [6.45, 7) is 13.0. The molecule has 1 heterocycles. The number of carbonyl (C=O) groups excluding carboxylic acids is 2. The molecule has 1 atom stereocenters. The summed E-state index contributed by atoms with van der Waals surface area (Å²) in [7, 11) is 0. The van der Waals surface area contributed by atoms with E-state index >= 15 is 0 Å². The molecule has 0 N–H and O–H groups in total. The van der Waals surface area contributed by atoms with Crippen molar-refractivity contribution in [2.45, 2.75) is 65.8 Å². The fourth-order valence-electron chi connectivity index (χ4n) is 1.60. The molecule has 18 heavy (non-hydrogen) atoms. The van der Waals surface area contributed by atoms with Crippen LogP contribution in [0.5, 0.6) is 0 Å². The van der Waals surface area contributed by atoms with Gasteiger partial charge in [0.1, 0.15) is 23.7 Å². The molecule has 1 aliphatic rings. The molecule has 0 bridgehead atoms. The average molecular weight is 259 g/mol. The molecule has 1 aliphatic heterocycles. The van der Waals surface area contributed by atoms with E-state index in [2.05, 4.69) is 0 Å². The maximum Gasteiger partial charge on any atom is 0.413 e. The molecule has 1 rings (SSSR count). The first-order valence-electron chi connectivity index (χ1n) is 6.29. The number of hydrogen-bond acceptors (Lipinski definition) is 4. The predicted octanol–water partition coefficient (Wildman–Crippen LogP) is 2.58. The molecule has 0 aliphatic carbocycles. The molecule has 0 aromatic heterocycles. The molecule has 1 fully saturated rings. The van der Waals surface area contributed by atoms with E-state index in [1.807, 2.05) is 13.8 Å². The number of nitrogens with zero attached hydrogens (tertiary/aromatic N) is 1. The van der Waals surface area contributed by atoms with Crippen molar-refractivity contribution in [3.63, 3.8) is 0 Å². The first kappa shape index (κ1) is 16.9. The molecule has 1 unspecified atom stereocenters. The second-order valence-corrected chi connectivity index (χ2v) is 5.31. The van der Waals surface area contributed by atoms with Gasteiger partial charge in [0.25, 0.3) is 0 Å². The molecule has 1 saturated heterocycles. The second-order valence-electron chi connectivity index (χ2n) is 5.31. The van der Waals surface area contributed by atoms with E-state index in [0.717, 1.165) is 0 Å². The summed E-state index contributed by atoms with van der Waals surface area (Å²) >= 11 is 0. The van der Waals surface area contributed by atoms with E-state index in [0.29, 0.717) is 6.29 Å². The second kappa shape index (κ2) is 6.18. The van der Waals surface area contributed by atoms with Crippen LogP contribution in [0.15, 0.2) is 0 Å². The van der Waals surface area contributed by atoms with Gasteiger partial charge in [-0.05, 0) is 34.6 Å². The quantitative estimate of drug-likeness (QED) is 0.679. The highest BCUT2D eigenvalue weighted by Crippen LogP contribution is 2.28. The van der Waals surface area contributed by atoms with Gasteiger partial charge in [-0.3, -0.25) is 4.90 Å². The zero-order valence-electron chi connectivity index (χ0n) is 12.4. The first-order chi connectivity index (χ1) is 8.17. The first-order valence-corrected chi connectivity index (χ1v) is 6.29. The maximum atomic E-state index is 11.9. The van der Waals surface area contributed by atoms with Crippen LogP contribution < -0.4 is 0 Å². The van der Waals surface area contributed by atoms with Gasteiger partial charge in [-0.25, -0.2) is 4.79 Å². The Morgan fingerprint density at radius 1 is 1.39 bits per heavy atom. The van der Waals surface area contributed by atoms with E-state index in [-0.39, 0.29) is 6.61 Å². The zero-order valence-corrected chi connectivity index (χ0v) is 12.4. The van der Waals surface area contributed by atoms with Crippen LogP contribution in [0.4, 0.5) is 4.79 Å². The molecule has 0 spiro atoms. The molecule has 0 radical (unpaired) electrons. The highest BCUT2D eigenvalue weighted by Gasteiger charge is 2.45. The minimum Gasteiger partial charge on any atom is -0.444 e. The summed E-state index contributed by atoms with van der Waals surface area (Å²) in [5.74, 6) is 0. The summed E-state index contributed by atoms with van der Waals surface area (Å²) in [6, 6.07) is -0.565. The Kier molecular flexibility index (Phi) is 5.80. The van der Waals surface area contributed by atoms with Crippen molar-refractivity contribution >= 4 is 12.4 Å². The van der Waals surface area contributed by atoms with Gasteiger partial charge in [-0.2, -0.15) is 0 Å². The minimum absolute atomic E-state index is 0.218. The van der Waals surface area contributed by atoms with E-state index in [4.69, 9.17) is 9.47 Å². The summed E-state index contributed by atoms with van der Waals surface area (Å²) in [6.07, 6.45) is 0.186. The average Bonchev–Trinajstić information content (AvgIpc) is 2.54. The van der Waals surface area contributed by atoms with E-state index in [1.54, 1.807) is 34.6 Å². The van der Waals surface area contributed by atoms with Crippen molar-refractivity contribution in [2.75, 3.05) is 6.61 Å². The SMILES string of the molecule is CC.CC(C)(C)OC(=O)N1C(C=O)COC1(C)C. The van der Waals surface area contributed by atoms with Crippen molar-refractivity contribution < 1.29 is 19.1 Å². The van der Waals surface area contributed by atoms with E-state index in [1.165, 1.54) is 4.90 Å². The third-order valence-electron chi connectivity index (χ3n) is 2.27. The lowest BCUT2D eigenvalue weighted by Gasteiger charge is -2.33. The Morgan fingerprint density at radius 2 is 1.89 bits per heavy atom. The molecule has 0 aromatic rings. The van der Waals surface area contributed by atoms with Crippen molar-refractivity contribution in [3.8, 4) is 0 Å². The van der Waals surface area contributed by atoms with Crippen molar-refractivity contribution in [1.82, 2.24) is 4.90 Å². The molecule has 0 aromatic carbocycles. The number of rotatable bonds is 1. The van der Waals surface area contributed by atoms with Crippen LogP contribution in [0.25, 0.3) is 0 Å². The predicted molar refractivity (Wildman–Crippen MR) is 69.3 cm³/mol. The lowest BCUT2D eigenvalue weighted by Crippen LogP contribution is -2.50. The molecular formula is C13H25NO4. The lowest BCUT2D eigenvalue weighted by molar-refractivity contribution is -0.113. The third kappa shape index (κ3) is 4.29. The van der Waals surface area contributed by atoms with Crippen LogP contribution in [0.1, 0.15) is 48.5 Å². The number of aldehydes is 1. The lowest BCUT2D eigenvalue weighted by atomic mass is 10.2. The van der Waals surface area contributed by atoms with Crippen LogP contribution in [0, 0.1) is 0 Å². The third-order valence-corrected chi connectivity index (χ3v) is 2.27. The molecule has 106 valence electrons. The fraction of sp³-hybridized carbons (Fsp3) is 0.846. The number of ether oxygens (including phenoxy) is 2. The van der Waals surface area contributed by atoms with Crippen LogP contribution in [0.2, 0.25) is 0 Å². The van der Waals surface area contributed by atoms with Gasteiger partial charge < -0.3 is 14.3 Å². The Balaban J connectivity index is 0.00000137. The fourth-order valence-corrected chi connectivity index (χ4v) is 1.60. The Morgan fingerprint density at radius 3 is 2.28 bits per heavy atom. The standard InChI is InChI=1S/C11H19NO4.C2H6/c1-10(2,3)16-9(14)12-8(6-13)7-15-11(12,4)5;1-2/h6,8H,7H2,1-5H3;1-2H3. The van der Waals surface area contributed by atoms with Crippen LogP contribution in [0.3, 0.4) is 0 Å². The topological polar surface area (TPSA) is 55.8 Å². The van der Waals surface area contributed by atoms with Crippen LogP contribution >= 0.6 is 0 Å². The Hall–Kier alpha value is -1.10. The van der Waals surface area contributed by atoms with Gasteiger partial charge in [-0.1, -0.05) is 13.8 Å². The van der Waals surface area contributed by atoms with Gasteiger partial charge in [0.05, 0.1) is 6.61 Å². The Labute approximate surface area is 109 Å². The summed E-state index contributed by atoms with van der Waals surface area (Å²) in [5, 5.41) is 0. The highest BCUT2D eigenvalue weighted by molar-refractivity contribution is 5.75. The van der Waals surface area contributed by atoms with Gasteiger partial charge >= 0.3 is 6.09 Å². The minimum atomic E-state index is -0.798. The van der Waals surface area contributed by atoms with E-state index in [9.17, 15) is 9.59 Å². The van der Waals surface area contributed by atoms with Gasteiger partial charge in [0.2, 0.25) is 0 Å². The van der Waals surface area contributed by atoms with Crippen LogP contribution in [-0.4, -0.2) is 41.3 Å². The summed E-state index contributed by atoms with van der Waals surface area (Å²) in [4.78, 5) is 24.1. The molecule has 0 saturated carbocycles. The van der Waals surface area contributed by atoms with Crippen molar-refractivity contribution in [3.05, 3.63) is 0 Å². The largest absolute Gasteiger partial charge is 0.444 e. The summed E-state index contributed by atoms with van der Waals surface area (Å²) in [5.41, 5.74) is -1.38. The molecule has 5 nitrogen and oxygen atoms in total. The normalized spacial score (nSPS) is 21.9. The summed E-state index contributed by atoms with van der Waals surface area (Å²) < 4.78 is 10.6. The van der Waals surface area contributed by atoms with Gasteiger partial charge in [0, 0.05) is 0 Å². The van der Waals surface area contributed by atoms with Crippen molar-refractivity contribution in [1.29, 1.82) is 0 Å². The smallest absolute Gasteiger partial charge is 0.413 e. The van der Waals surface area contributed by atoms with Crippen molar-refractivity contribution in [2.24, 2.45) is 0 Å². The number of amides is 1. The van der Waals surface area contributed by atoms with Gasteiger partial charge in [0.15, 0.2) is 0 Å². The zero-order chi connectivity index (χ0) is 14.6. The maximum absolute atomic E-state index is 11.9. The number of carbonyl (C=O) groups is 2.